The maximum absolute atomic E-state index is 11.8. The standard InChI is InChI=1S/C19H38N4O2/c1-15(2)10-12-25-13-11-20-19(21-14-18(24)23(4)5)22-17-9-7-6-8-16(17)3/h15-17H,6-14H2,1-5H3,(H2,20,21,22). The van der Waals surface area contributed by atoms with E-state index >= 15 is 0 Å². The molecule has 0 aromatic rings. The summed E-state index contributed by atoms with van der Waals surface area (Å²) < 4.78 is 5.65. The summed E-state index contributed by atoms with van der Waals surface area (Å²) in [5.74, 6) is 2.02. The lowest BCUT2D eigenvalue weighted by Gasteiger charge is -2.31. The lowest BCUT2D eigenvalue weighted by molar-refractivity contribution is -0.127. The first kappa shape index (κ1) is 21.7. The van der Waals surface area contributed by atoms with E-state index in [9.17, 15) is 4.79 Å². The Kier molecular flexibility index (Phi) is 10.5. The highest BCUT2D eigenvalue weighted by Gasteiger charge is 2.22. The van der Waals surface area contributed by atoms with Gasteiger partial charge in [0.25, 0.3) is 0 Å². The van der Waals surface area contributed by atoms with Crippen molar-refractivity contribution in [2.45, 2.75) is 58.9 Å². The third-order valence-corrected chi connectivity index (χ3v) is 4.68. The minimum Gasteiger partial charge on any atom is -0.380 e. The van der Waals surface area contributed by atoms with E-state index in [2.05, 4.69) is 36.4 Å². The summed E-state index contributed by atoms with van der Waals surface area (Å²) in [6.45, 7) is 8.98. The zero-order chi connectivity index (χ0) is 18.7. The van der Waals surface area contributed by atoms with Gasteiger partial charge in [0.2, 0.25) is 5.91 Å². The highest BCUT2D eigenvalue weighted by Crippen LogP contribution is 2.23. The number of hydrogen-bond donors (Lipinski definition) is 2. The molecule has 0 aliphatic heterocycles. The number of amides is 1. The predicted molar refractivity (Wildman–Crippen MR) is 104 cm³/mol. The Hall–Kier alpha value is -1.30. The molecule has 6 heteroatoms. The third-order valence-electron chi connectivity index (χ3n) is 4.68. The number of nitrogens with one attached hydrogen (secondary N) is 2. The van der Waals surface area contributed by atoms with E-state index in [0.29, 0.717) is 31.0 Å². The normalized spacial score (nSPS) is 21.3. The van der Waals surface area contributed by atoms with Crippen LogP contribution in [0.1, 0.15) is 52.9 Å². The molecule has 0 saturated heterocycles. The van der Waals surface area contributed by atoms with E-state index < -0.39 is 0 Å². The molecule has 2 N–H and O–H groups in total. The molecule has 6 nitrogen and oxygen atoms in total. The van der Waals surface area contributed by atoms with Gasteiger partial charge < -0.3 is 20.3 Å². The van der Waals surface area contributed by atoms with Gasteiger partial charge in [0, 0.05) is 33.3 Å². The van der Waals surface area contributed by atoms with Crippen LogP contribution >= 0.6 is 0 Å². The third kappa shape index (κ3) is 9.68. The molecule has 0 bridgehead atoms. The number of aliphatic imine (C=N–C) groups is 1. The van der Waals surface area contributed by atoms with E-state index in [4.69, 9.17) is 4.74 Å². The van der Waals surface area contributed by atoms with Gasteiger partial charge >= 0.3 is 0 Å². The highest BCUT2D eigenvalue weighted by atomic mass is 16.5. The molecule has 2 unspecified atom stereocenters. The Morgan fingerprint density at radius 3 is 2.60 bits per heavy atom. The predicted octanol–water partition coefficient (Wildman–Crippen LogP) is 2.25. The van der Waals surface area contributed by atoms with Crippen LogP contribution in [0, 0.1) is 11.8 Å². The maximum atomic E-state index is 11.8. The van der Waals surface area contributed by atoms with Gasteiger partial charge in [0.1, 0.15) is 6.54 Å². The average Bonchev–Trinajstić information content (AvgIpc) is 2.56. The van der Waals surface area contributed by atoms with Crippen LogP contribution < -0.4 is 10.6 Å². The van der Waals surface area contributed by atoms with Gasteiger partial charge in [-0.15, -0.1) is 0 Å². The quantitative estimate of drug-likeness (QED) is 0.379. The lowest BCUT2D eigenvalue weighted by Crippen LogP contribution is -2.48. The Bertz CT molecular complexity index is 410. The van der Waals surface area contributed by atoms with Crippen molar-refractivity contribution < 1.29 is 9.53 Å². The molecule has 146 valence electrons. The van der Waals surface area contributed by atoms with Gasteiger partial charge in [0.05, 0.1) is 6.61 Å². The molecule has 1 amide bonds. The molecule has 1 saturated carbocycles. The molecule has 1 fully saturated rings. The summed E-state index contributed by atoms with van der Waals surface area (Å²) in [4.78, 5) is 17.9. The number of hydrogen-bond acceptors (Lipinski definition) is 3. The number of rotatable bonds is 9. The van der Waals surface area contributed by atoms with Crippen LogP contribution in [0.4, 0.5) is 0 Å². The Labute approximate surface area is 153 Å². The summed E-state index contributed by atoms with van der Waals surface area (Å²) in [7, 11) is 3.51. The van der Waals surface area contributed by atoms with E-state index in [-0.39, 0.29) is 12.5 Å². The van der Waals surface area contributed by atoms with Gasteiger partial charge in [-0.3, -0.25) is 4.79 Å². The van der Waals surface area contributed by atoms with Crippen molar-refractivity contribution in [2.24, 2.45) is 16.8 Å². The minimum atomic E-state index is 0.00553. The van der Waals surface area contributed by atoms with Crippen LogP contribution in [-0.4, -0.2) is 63.2 Å². The van der Waals surface area contributed by atoms with E-state index in [0.717, 1.165) is 25.4 Å². The Balaban J connectivity index is 2.46. The topological polar surface area (TPSA) is 66.0 Å². The number of ether oxygens (including phenoxy) is 1. The molecular formula is C19H38N4O2. The van der Waals surface area contributed by atoms with E-state index in [1.807, 2.05) is 0 Å². The molecular weight excluding hydrogens is 316 g/mol. The van der Waals surface area contributed by atoms with Crippen molar-refractivity contribution in [1.82, 2.24) is 15.5 Å². The van der Waals surface area contributed by atoms with Crippen molar-refractivity contribution in [2.75, 3.05) is 40.4 Å². The molecule has 1 aliphatic rings. The molecule has 25 heavy (non-hydrogen) atoms. The van der Waals surface area contributed by atoms with Crippen molar-refractivity contribution in [1.29, 1.82) is 0 Å². The van der Waals surface area contributed by atoms with Crippen LogP contribution in [0.15, 0.2) is 4.99 Å². The zero-order valence-corrected chi connectivity index (χ0v) is 16.8. The maximum Gasteiger partial charge on any atom is 0.243 e. The molecule has 2 atom stereocenters. The highest BCUT2D eigenvalue weighted by molar-refractivity contribution is 5.84. The molecule has 1 aliphatic carbocycles. The SMILES string of the molecule is CC(C)CCOCCNC(=NCC(=O)N(C)C)NC1CCCCC1C. The molecule has 0 aromatic carbocycles. The first-order valence-electron chi connectivity index (χ1n) is 9.73. The number of nitrogens with zero attached hydrogens (tertiary/aromatic N) is 2. The van der Waals surface area contributed by atoms with Crippen LogP contribution in [0.25, 0.3) is 0 Å². The van der Waals surface area contributed by atoms with Gasteiger partial charge in [-0.1, -0.05) is 33.6 Å². The van der Waals surface area contributed by atoms with Crippen molar-refractivity contribution in [3.63, 3.8) is 0 Å². The summed E-state index contributed by atoms with van der Waals surface area (Å²) in [5.41, 5.74) is 0. The van der Waals surface area contributed by atoms with Crippen molar-refractivity contribution in [3.05, 3.63) is 0 Å². The number of guanidine groups is 1. The fraction of sp³-hybridized carbons (Fsp3) is 0.895. The van der Waals surface area contributed by atoms with Gasteiger partial charge in [-0.2, -0.15) is 0 Å². The average molecular weight is 355 g/mol. The Morgan fingerprint density at radius 2 is 1.96 bits per heavy atom. The summed E-state index contributed by atoms with van der Waals surface area (Å²) in [5, 5.41) is 6.83. The number of likely N-dealkylation sites (N-methyl/N-ethyl adjacent to an activating group) is 1. The lowest BCUT2D eigenvalue weighted by atomic mass is 9.86. The minimum absolute atomic E-state index is 0.00553. The van der Waals surface area contributed by atoms with Gasteiger partial charge in [-0.05, 0) is 31.1 Å². The smallest absolute Gasteiger partial charge is 0.243 e. The van der Waals surface area contributed by atoms with Crippen LogP contribution in [0.2, 0.25) is 0 Å². The second-order valence-corrected chi connectivity index (χ2v) is 7.69. The molecule has 0 heterocycles. The second-order valence-electron chi connectivity index (χ2n) is 7.69. The Morgan fingerprint density at radius 1 is 1.24 bits per heavy atom. The van der Waals surface area contributed by atoms with Crippen molar-refractivity contribution >= 4 is 11.9 Å². The van der Waals surface area contributed by atoms with E-state index in [1.165, 1.54) is 19.3 Å². The number of carbonyl (C=O) groups is 1. The van der Waals surface area contributed by atoms with E-state index in [1.54, 1.807) is 19.0 Å². The molecule has 1 rings (SSSR count). The largest absolute Gasteiger partial charge is 0.380 e. The molecule has 0 aromatic heterocycles. The fourth-order valence-corrected chi connectivity index (χ4v) is 2.81. The van der Waals surface area contributed by atoms with Crippen LogP contribution in [-0.2, 0) is 9.53 Å². The summed E-state index contributed by atoms with van der Waals surface area (Å²) in [6.07, 6.45) is 6.05. The first-order valence-corrected chi connectivity index (χ1v) is 9.73. The molecule has 0 radical (unpaired) electrons. The molecule has 0 spiro atoms. The monoisotopic (exact) mass is 354 g/mol. The van der Waals surface area contributed by atoms with Crippen LogP contribution in [0.3, 0.4) is 0 Å². The fourth-order valence-electron chi connectivity index (χ4n) is 2.81. The van der Waals surface area contributed by atoms with Gasteiger partial charge in [-0.25, -0.2) is 4.99 Å². The zero-order valence-electron chi connectivity index (χ0n) is 16.8. The van der Waals surface area contributed by atoms with Crippen molar-refractivity contribution in [3.8, 4) is 0 Å². The first-order chi connectivity index (χ1) is 11.9. The summed E-state index contributed by atoms with van der Waals surface area (Å²) >= 11 is 0. The summed E-state index contributed by atoms with van der Waals surface area (Å²) in [6, 6.07) is 0.427. The van der Waals surface area contributed by atoms with Gasteiger partial charge in [0.15, 0.2) is 5.96 Å². The van der Waals surface area contributed by atoms with Crippen LogP contribution in [0.5, 0.6) is 0 Å². The second kappa shape index (κ2) is 12.1. The number of carbonyl (C=O) groups excluding carboxylic acids is 1.